The Morgan fingerprint density at radius 3 is 1.39 bits per heavy atom. The highest BCUT2D eigenvalue weighted by atomic mass is 15.2. The molecule has 2 aromatic carbocycles. The average Bonchev–Trinajstić information content (AvgIpc) is 2.49. The van der Waals surface area contributed by atoms with Gasteiger partial charge in [0.1, 0.15) is 0 Å². The quantitative estimate of drug-likeness (QED) is 0.659. The molecule has 0 fully saturated rings. The third kappa shape index (κ3) is 4.07. The fourth-order valence-corrected chi connectivity index (χ4v) is 3.31. The minimum Gasteiger partial charge on any atom is -0.367 e. The largest absolute Gasteiger partial charge is 0.367 e. The number of hydrogen-bond acceptors (Lipinski definition) is 2. The summed E-state index contributed by atoms with van der Waals surface area (Å²) in [6, 6.07) is 21.0. The molecule has 0 unspecified atom stereocenters. The van der Waals surface area contributed by atoms with Crippen molar-refractivity contribution in [1.82, 2.24) is 0 Å². The first-order valence-corrected chi connectivity index (χ1v) is 8.64. The summed E-state index contributed by atoms with van der Waals surface area (Å²) in [5.74, 6) is 0. The lowest BCUT2D eigenvalue weighted by Crippen LogP contribution is -2.37. The Morgan fingerprint density at radius 1 is 0.522 bits per heavy atom. The van der Waals surface area contributed by atoms with E-state index in [-0.39, 0.29) is 0 Å². The van der Waals surface area contributed by atoms with E-state index in [9.17, 15) is 0 Å². The molecule has 0 aromatic heterocycles. The number of hydrogen-bond donors (Lipinski definition) is 0. The van der Waals surface area contributed by atoms with Crippen molar-refractivity contribution >= 4 is 17.1 Å². The molecule has 0 saturated carbocycles. The molecule has 0 heterocycles. The molecular formula is C21H30N2. The first-order chi connectivity index (χ1) is 10.9. The van der Waals surface area contributed by atoms with Crippen LogP contribution < -0.4 is 9.80 Å². The van der Waals surface area contributed by atoms with Gasteiger partial charge in [-0.2, -0.15) is 0 Å². The summed E-state index contributed by atoms with van der Waals surface area (Å²) < 4.78 is 0. The summed E-state index contributed by atoms with van der Waals surface area (Å²) >= 11 is 0. The standard InChI is InChI=1S/C21H30N2/c1-16(2)22(17(3)4)20-12-14-21(15-13-20)23(18(5)6)19-10-8-7-9-11-19/h7-18H,1-6H3. The van der Waals surface area contributed by atoms with Gasteiger partial charge in [-0.3, -0.25) is 0 Å². The van der Waals surface area contributed by atoms with Gasteiger partial charge in [0, 0.05) is 35.2 Å². The lowest BCUT2D eigenvalue weighted by atomic mass is 10.1. The molecule has 0 aliphatic heterocycles. The molecule has 0 bridgehead atoms. The summed E-state index contributed by atoms with van der Waals surface area (Å²) in [7, 11) is 0. The minimum atomic E-state index is 0.412. The summed E-state index contributed by atoms with van der Waals surface area (Å²) in [4.78, 5) is 4.82. The van der Waals surface area contributed by atoms with E-state index in [1.165, 1.54) is 17.1 Å². The van der Waals surface area contributed by atoms with Gasteiger partial charge >= 0.3 is 0 Å². The smallest absolute Gasteiger partial charge is 0.0414 e. The predicted octanol–water partition coefficient (Wildman–Crippen LogP) is 5.86. The van der Waals surface area contributed by atoms with Crippen LogP contribution in [0.5, 0.6) is 0 Å². The van der Waals surface area contributed by atoms with E-state index in [2.05, 4.69) is 106 Å². The van der Waals surface area contributed by atoms with Crippen molar-refractivity contribution in [3.05, 3.63) is 54.6 Å². The maximum absolute atomic E-state index is 2.45. The number of benzene rings is 2. The van der Waals surface area contributed by atoms with Gasteiger partial charge in [0.2, 0.25) is 0 Å². The van der Waals surface area contributed by atoms with Crippen LogP contribution in [0.1, 0.15) is 41.5 Å². The van der Waals surface area contributed by atoms with E-state index in [0.29, 0.717) is 18.1 Å². The van der Waals surface area contributed by atoms with Crippen LogP contribution in [0.4, 0.5) is 17.1 Å². The molecule has 2 aromatic rings. The van der Waals surface area contributed by atoms with E-state index in [0.717, 1.165) is 0 Å². The minimum absolute atomic E-state index is 0.412. The van der Waals surface area contributed by atoms with Crippen molar-refractivity contribution in [3.8, 4) is 0 Å². The van der Waals surface area contributed by atoms with Gasteiger partial charge in [-0.1, -0.05) is 18.2 Å². The molecule has 0 atom stereocenters. The molecule has 0 amide bonds. The normalized spacial score (nSPS) is 11.3. The molecule has 23 heavy (non-hydrogen) atoms. The van der Waals surface area contributed by atoms with Crippen LogP contribution >= 0.6 is 0 Å². The van der Waals surface area contributed by atoms with E-state index >= 15 is 0 Å². The van der Waals surface area contributed by atoms with Gasteiger partial charge in [0.05, 0.1) is 0 Å². The SMILES string of the molecule is CC(C)N(c1ccccc1)c1ccc(N(C(C)C)C(C)C)cc1. The van der Waals surface area contributed by atoms with E-state index < -0.39 is 0 Å². The van der Waals surface area contributed by atoms with Crippen molar-refractivity contribution in [2.75, 3.05) is 9.80 Å². The van der Waals surface area contributed by atoms with Crippen LogP contribution in [0, 0.1) is 0 Å². The molecule has 0 saturated heterocycles. The Morgan fingerprint density at radius 2 is 0.957 bits per heavy atom. The van der Waals surface area contributed by atoms with Gasteiger partial charge in [-0.05, 0) is 77.9 Å². The highest BCUT2D eigenvalue weighted by Crippen LogP contribution is 2.30. The molecule has 2 heteroatoms. The second-order valence-corrected chi connectivity index (χ2v) is 6.91. The zero-order chi connectivity index (χ0) is 17.0. The van der Waals surface area contributed by atoms with Crippen LogP contribution in [-0.4, -0.2) is 18.1 Å². The molecule has 0 spiro atoms. The van der Waals surface area contributed by atoms with Crippen molar-refractivity contribution < 1.29 is 0 Å². The Kier molecular flexibility index (Phi) is 5.70. The molecule has 0 N–H and O–H groups in total. The highest BCUT2D eigenvalue weighted by Gasteiger charge is 2.16. The van der Waals surface area contributed by atoms with E-state index in [1.807, 2.05) is 0 Å². The summed E-state index contributed by atoms with van der Waals surface area (Å²) in [6.45, 7) is 13.5. The van der Waals surface area contributed by atoms with Crippen molar-refractivity contribution in [1.29, 1.82) is 0 Å². The monoisotopic (exact) mass is 310 g/mol. The second kappa shape index (κ2) is 7.54. The molecular weight excluding hydrogens is 280 g/mol. The van der Waals surface area contributed by atoms with Crippen LogP contribution in [0.2, 0.25) is 0 Å². The Labute approximate surface area is 141 Å². The van der Waals surface area contributed by atoms with Gasteiger partial charge in [-0.15, -0.1) is 0 Å². The molecule has 124 valence electrons. The maximum atomic E-state index is 2.45. The first kappa shape index (κ1) is 17.4. The van der Waals surface area contributed by atoms with Crippen molar-refractivity contribution in [3.63, 3.8) is 0 Å². The van der Waals surface area contributed by atoms with Crippen molar-refractivity contribution in [2.24, 2.45) is 0 Å². The Hall–Kier alpha value is -1.96. The van der Waals surface area contributed by atoms with Crippen LogP contribution in [0.25, 0.3) is 0 Å². The van der Waals surface area contributed by atoms with Gasteiger partial charge in [0.15, 0.2) is 0 Å². The van der Waals surface area contributed by atoms with Crippen LogP contribution in [0.15, 0.2) is 54.6 Å². The van der Waals surface area contributed by atoms with Crippen LogP contribution in [-0.2, 0) is 0 Å². The maximum Gasteiger partial charge on any atom is 0.0414 e. The summed E-state index contributed by atoms with van der Waals surface area (Å²) in [5.41, 5.74) is 3.76. The van der Waals surface area contributed by atoms with Crippen molar-refractivity contribution in [2.45, 2.75) is 59.7 Å². The Balaban J connectivity index is 2.33. The lowest BCUT2D eigenvalue weighted by molar-refractivity contribution is 0.608. The third-order valence-corrected chi connectivity index (χ3v) is 4.09. The molecule has 2 rings (SSSR count). The fraction of sp³-hybridized carbons (Fsp3) is 0.429. The molecule has 0 aliphatic rings. The van der Waals surface area contributed by atoms with Gasteiger partial charge in [0.25, 0.3) is 0 Å². The lowest BCUT2D eigenvalue weighted by Gasteiger charge is -2.34. The zero-order valence-electron chi connectivity index (χ0n) is 15.3. The summed E-state index contributed by atoms with van der Waals surface area (Å²) in [6.07, 6.45) is 0. The molecule has 0 aliphatic carbocycles. The van der Waals surface area contributed by atoms with Crippen LogP contribution in [0.3, 0.4) is 0 Å². The second-order valence-electron chi connectivity index (χ2n) is 6.91. The Bertz CT molecular complexity index is 577. The summed E-state index contributed by atoms with van der Waals surface area (Å²) in [5, 5.41) is 0. The molecule has 2 nitrogen and oxygen atoms in total. The predicted molar refractivity (Wildman–Crippen MR) is 103 cm³/mol. The number of rotatable bonds is 6. The number of anilines is 3. The fourth-order valence-electron chi connectivity index (χ4n) is 3.31. The number of para-hydroxylation sites is 1. The average molecular weight is 310 g/mol. The van der Waals surface area contributed by atoms with E-state index in [4.69, 9.17) is 0 Å². The number of nitrogens with zero attached hydrogens (tertiary/aromatic N) is 2. The topological polar surface area (TPSA) is 6.48 Å². The van der Waals surface area contributed by atoms with E-state index in [1.54, 1.807) is 0 Å². The van der Waals surface area contributed by atoms with Gasteiger partial charge < -0.3 is 9.80 Å². The highest BCUT2D eigenvalue weighted by molar-refractivity contribution is 5.66. The molecule has 0 radical (unpaired) electrons. The zero-order valence-corrected chi connectivity index (χ0v) is 15.3. The first-order valence-electron chi connectivity index (χ1n) is 8.64. The van der Waals surface area contributed by atoms with Gasteiger partial charge in [-0.25, -0.2) is 0 Å². The third-order valence-electron chi connectivity index (χ3n) is 4.09.